The third-order valence-corrected chi connectivity index (χ3v) is 2.70. The number of ether oxygens (including phenoxy) is 1. The summed E-state index contributed by atoms with van der Waals surface area (Å²) in [6, 6.07) is 12.6. The molecule has 88 valence electrons. The van der Waals surface area contributed by atoms with Crippen molar-refractivity contribution in [2.75, 3.05) is 20.7 Å². The first-order valence-electron chi connectivity index (χ1n) is 5.72. The standard InChI is InChI=1S/C15H17NO/c1-16-9-3-4-12-5-6-14-11-15(17-2)8-7-13(14)10-12/h3-8,10-11,16H,9H2,1-2H3. The molecule has 1 N–H and O–H groups in total. The van der Waals surface area contributed by atoms with Crippen molar-refractivity contribution in [1.29, 1.82) is 0 Å². The fraction of sp³-hybridized carbons (Fsp3) is 0.200. The van der Waals surface area contributed by atoms with E-state index in [1.165, 1.54) is 16.3 Å². The van der Waals surface area contributed by atoms with Crippen molar-refractivity contribution in [2.45, 2.75) is 0 Å². The lowest BCUT2D eigenvalue weighted by Crippen LogP contribution is -2.03. The predicted octanol–water partition coefficient (Wildman–Crippen LogP) is 3.08. The number of likely N-dealkylation sites (N-methyl/N-ethyl adjacent to an activating group) is 1. The minimum atomic E-state index is 0.890. The van der Waals surface area contributed by atoms with E-state index in [-0.39, 0.29) is 0 Å². The Kier molecular flexibility index (Phi) is 3.78. The Morgan fingerprint density at radius 1 is 1.12 bits per heavy atom. The molecule has 2 heteroatoms. The number of hydrogen-bond acceptors (Lipinski definition) is 2. The lowest BCUT2D eigenvalue weighted by Gasteiger charge is -2.03. The zero-order valence-electron chi connectivity index (χ0n) is 10.2. The van der Waals surface area contributed by atoms with E-state index < -0.39 is 0 Å². The molecule has 2 nitrogen and oxygen atoms in total. The number of hydrogen-bond donors (Lipinski definition) is 1. The normalized spacial score (nSPS) is 11.2. The molecule has 2 rings (SSSR count). The Bertz CT molecular complexity index is 531. The van der Waals surface area contributed by atoms with E-state index >= 15 is 0 Å². The molecule has 0 aromatic heterocycles. The largest absolute Gasteiger partial charge is 0.497 e. The Hall–Kier alpha value is -1.80. The summed E-state index contributed by atoms with van der Waals surface area (Å²) in [6.07, 6.45) is 4.24. The summed E-state index contributed by atoms with van der Waals surface area (Å²) in [5.41, 5.74) is 1.22. The van der Waals surface area contributed by atoms with Gasteiger partial charge in [-0.15, -0.1) is 0 Å². The van der Waals surface area contributed by atoms with E-state index in [4.69, 9.17) is 4.74 Å². The van der Waals surface area contributed by atoms with Gasteiger partial charge in [-0.1, -0.05) is 30.4 Å². The summed E-state index contributed by atoms with van der Waals surface area (Å²) in [5.74, 6) is 0.899. The molecule has 0 unspecified atom stereocenters. The Morgan fingerprint density at radius 3 is 2.65 bits per heavy atom. The molecule has 0 aliphatic heterocycles. The second-order valence-electron chi connectivity index (χ2n) is 3.93. The molecular weight excluding hydrogens is 210 g/mol. The summed E-state index contributed by atoms with van der Waals surface area (Å²) < 4.78 is 5.21. The van der Waals surface area contributed by atoms with Gasteiger partial charge in [0.2, 0.25) is 0 Å². The maximum atomic E-state index is 5.21. The average molecular weight is 227 g/mol. The van der Waals surface area contributed by atoms with Crippen molar-refractivity contribution in [3.05, 3.63) is 48.0 Å². The smallest absolute Gasteiger partial charge is 0.119 e. The molecule has 0 saturated heterocycles. The quantitative estimate of drug-likeness (QED) is 0.866. The topological polar surface area (TPSA) is 21.3 Å². The van der Waals surface area contributed by atoms with Crippen molar-refractivity contribution < 1.29 is 4.74 Å². The molecule has 17 heavy (non-hydrogen) atoms. The van der Waals surface area contributed by atoms with Gasteiger partial charge in [-0.25, -0.2) is 0 Å². The monoisotopic (exact) mass is 227 g/mol. The van der Waals surface area contributed by atoms with Crippen LogP contribution < -0.4 is 10.1 Å². The molecule has 0 bridgehead atoms. The van der Waals surface area contributed by atoms with Crippen molar-refractivity contribution in [3.63, 3.8) is 0 Å². The second-order valence-corrected chi connectivity index (χ2v) is 3.93. The maximum absolute atomic E-state index is 5.21. The molecule has 0 heterocycles. The van der Waals surface area contributed by atoms with Crippen LogP contribution >= 0.6 is 0 Å². The van der Waals surface area contributed by atoms with Gasteiger partial charge in [0, 0.05) is 6.54 Å². The minimum absolute atomic E-state index is 0.890. The van der Waals surface area contributed by atoms with Crippen molar-refractivity contribution in [1.82, 2.24) is 5.32 Å². The molecule has 2 aromatic carbocycles. The number of fused-ring (bicyclic) bond motifs is 1. The highest BCUT2D eigenvalue weighted by Crippen LogP contribution is 2.22. The first-order valence-corrected chi connectivity index (χ1v) is 5.72. The van der Waals surface area contributed by atoms with Gasteiger partial charge in [0.25, 0.3) is 0 Å². The van der Waals surface area contributed by atoms with Gasteiger partial charge in [-0.05, 0) is 41.6 Å². The summed E-state index contributed by atoms with van der Waals surface area (Å²) >= 11 is 0. The maximum Gasteiger partial charge on any atom is 0.119 e. The fourth-order valence-electron chi connectivity index (χ4n) is 1.79. The first kappa shape index (κ1) is 11.7. The molecule has 0 spiro atoms. The zero-order valence-corrected chi connectivity index (χ0v) is 10.2. The summed E-state index contributed by atoms with van der Waals surface area (Å²) in [6.45, 7) is 0.890. The van der Waals surface area contributed by atoms with Crippen molar-refractivity contribution in [3.8, 4) is 5.75 Å². The zero-order chi connectivity index (χ0) is 12.1. The number of benzene rings is 2. The lowest BCUT2D eigenvalue weighted by molar-refractivity contribution is 0.415. The Balaban J connectivity index is 2.31. The highest BCUT2D eigenvalue weighted by Gasteiger charge is 1.96. The van der Waals surface area contributed by atoms with Crippen LogP contribution in [0, 0.1) is 0 Å². The molecule has 0 atom stereocenters. The van der Waals surface area contributed by atoms with Gasteiger partial charge in [0.1, 0.15) is 5.75 Å². The van der Waals surface area contributed by atoms with Gasteiger partial charge in [0.05, 0.1) is 7.11 Å². The third kappa shape index (κ3) is 2.86. The van der Waals surface area contributed by atoms with Crippen LogP contribution in [-0.2, 0) is 0 Å². The van der Waals surface area contributed by atoms with Crippen molar-refractivity contribution >= 4 is 16.8 Å². The molecule has 0 amide bonds. The van der Waals surface area contributed by atoms with E-state index in [1.807, 2.05) is 13.1 Å². The van der Waals surface area contributed by atoms with Crippen LogP contribution in [0.2, 0.25) is 0 Å². The van der Waals surface area contributed by atoms with E-state index in [1.54, 1.807) is 7.11 Å². The van der Waals surface area contributed by atoms with Crippen LogP contribution in [0.25, 0.3) is 16.8 Å². The Labute approximate surface area is 102 Å². The summed E-state index contributed by atoms with van der Waals surface area (Å²) in [5, 5.41) is 5.52. The molecule has 2 aromatic rings. The van der Waals surface area contributed by atoms with E-state index in [2.05, 4.69) is 47.8 Å². The highest BCUT2D eigenvalue weighted by molar-refractivity contribution is 5.86. The molecule has 0 saturated carbocycles. The van der Waals surface area contributed by atoms with E-state index in [9.17, 15) is 0 Å². The number of nitrogens with one attached hydrogen (secondary N) is 1. The van der Waals surface area contributed by atoms with Gasteiger partial charge < -0.3 is 10.1 Å². The highest BCUT2D eigenvalue weighted by atomic mass is 16.5. The minimum Gasteiger partial charge on any atom is -0.497 e. The molecular formula is C15H17NO. The second kappa shape index (κ2) is 5.51. The SMILES string of the molecule is CNCC=Cc1ccc2cc(OC)ccc2c1. The molecule has 0 radical (unpaired) electrons. The first-order chi connectivity index (χ1) is 8.33. The average Bonchev–Trinajstić information content (AvgIpc) is 2.38. The van der Waals surface area contributed by atoms with Gasteiger partial charge >= 0.3 is 0 Å². The van der Waals surface area contributed by atoms with E-state index in [0.717, 1.165) is 12.3 Å². The van der Waals surface area contributed by atoms with Crippen LogP contribution in [0.15, 0.2) is 42.5 Å². The number of methoxy groups -OCH3 is 1. The van der Waals surface area contributed by atoms with Gasteiger partial charge in [0.15, 0.2) is 0 Å². The molecule has 0 fully saturated rings. The van der Waals surface area contributed by atoms with Crippen LogP contribution in [0.1, 0.15) is 5.56 Å². The van der Waals surface area contributed by atoms with Crippen LogP contribution in [0.3, 0.4) is 0 Å². The molecule has 0 aliphatic rings. The van der Waals surface area contributed by atoms with Crippen LogP contribution in [0.5, 0.6) is 5.75 Å². The summed E-state index contributed by atoms with van der Waals surface area (Å²) in [4.78, 5) is 0. The third-order valence-electron chi connectivity index (χ3n) is 2.70. The summed E-state index contributed by atoms with van der Waals surface area (Å²) in [7, 11) is 3.63. The van der Waals surface area contributed by atoms with Gasteiger partial charge in [-0.2, -0.15) is 0 Å². The number of rotatable bonds is 4. The Morgan fingerprint density at radius 2 is 1.88 bits per heavy atom. The molecule has 0 aliphatic carbocycles. The van der Waals surface area contributed by atoms with E-state index in [0.29, 0.717) is 0 Å². The predicted molar refractivity (Wildman–Crippen MR) is 73.5 cm³/mol. The van der Waals surface area contributed by atoms with Crippen LogP contribution in [0.4, 0.5) is 0 Å². The van der Waals surface area contributed by atoms with Crippen LogP contribution in [-0.4, -0.2) is 20.7 Å². The fourth-order valence-corrected chi connectivity index (χ4v) is 1.79. The lowest BCUT2D eigenvalue weighted by atomic mass is 10.1. The van der Waals surface area contributed by atoms with Crippen molar-refractivity contribution in [2.24, 2.45) is 0 Å². The van der Waals surface area contributed by atoms with Gasteiger partial charge in [-0.3, -0.25) is 0 Å².